The van der Waals surface area contributed by atoms with E-state index in [9.17, 15) is 0 Å². The van der Waals surface area contributed by atoms with Crippen LogP contribution in [-0.2, 0) is 6.54 Å². The van der Waals surface area contributed by atoms with Gasteiger partial charge in [-0.25, -0.2) is 0 Å². The summed E-state index contributed by atoms with van der Waals surface area (Å²) in [6.45, 7) is 4.89. The Labute approximate surface area is 127 Å². The molecule has 0 fully saturated rings. The van der Waals surface area contributed by atoms with Crippen LogP contribution in [0.4, 0.5) is 0 Å². The standard InChI is InChI=1S/C15H16N4OS/c1-11(2)21-15-18-17-14(12-5-3-7-16-9-12)19(15)10-13-6-4-8-20-13/h3-9,11H,10H2,1-2H3. The molecule has 0 amide bonds. The quantitative estimate of drug-likeness (QED) is 0.675. The summed E-state index contributed by atoms with van der Waals surface area (Å²) in [6.07, 6.45) is 5.23. The van der Waals surface area contributed by atoms with Crippen molar-refractivity contribution in [2.24, 2.45) is 0 Å². The van der Waals surface area contributed by atoms with E-state index in [2.05, 4.69) is 33.6 Å². The second kappa shape index (κ2) is 6.13. The minimum atomic E-state index is 0.436. The van der Waals surface area contributed by atoms with E-state index < -0.39 is 0 Å². The highest BCUT2D eigenvalue weighted by atomic mass is 32.2. The number of nitrogens with zero attached hydrogens (tertiary/aromatic N) is 4. The van der Waals surface area contributed by atoms with Crippen LogP contribution < -0.4 is 0 Å². The minimum Gasteiger partial charge on any atom is -0.467 e. The molecule has 0 unspecified atom stereocenters. The normalized spacial score (nSPS) is 11.2. The predicted octanol–water partition coefficient (Wildman–Crippen LogP) is 3.48. The molecule has 0 saturated heterocycles. The van der Waals surface area contributed by atoms with Crippen molar-refractivity contribution in [3.05, 3.63) is 48.7 Å². The van der Waals surface area contributed by atoms with Crippen LogP contribution in [0, 0.1) is 0 Å². The molecule has 0 bridgehead atoms. The molecule has 6 heteroatoms. The molecule has 0 aliphatic heterocycles. The van der Waals surface area contributed by atoms with Crippen LogP contribution in [0.25, 0.3) is 11.4 Å². The number of furan rings is 1. The first-order chi connectivity index (χ1) is 10.2. The van der Waals surface area contributed by atoms with Crippen LogP contribution in [0.3, 0.4) is 0 Å². The van der Waals surface area contributed by atoms with Crippen molar-refractivity contribution in [3.8, 4) is 11.4 Å². The lowest BCUT2D eigenvalue weighted by Gasteiger charge is -2.09. The number of hydrogen-bond donors (Lipinski definition) is 0. The second-order valence-electron chi connectivity index (χ2n) is 4.88. The van der Waals surface area contributed by atoms with Gasteiger partial charge in [0.15, 0.2) is 11.0 Å². The molecule has 0 radical (unpaired) electrons. The van der Waals surface area contributed by atoms with Gasteiger partial charge in [-0.15, -0.1) is 10.2 Å². The predicted molar refractivity (Wildman–Crippen MR) is 82.1 cm³/mol. The third-order valence-corrected chi connectivity index (χ3v) is 3.86. The van der Waals surface area contributed by atoms with Crippen molar-refractivity contribution in [3.63, 3.8) is 0 Å². The highest BCUT2D eigenvalue weighted by molar-refractivity contribution is 7.99. The van der Waals surface area contributed by atoms with Gasteiger partial charge in [0.25, 0.3) is 0 Å². The molecule has 5 nitrogen and oxygen atoms in total. The number of thioether (sulfide) groups is 1. The SMILES string of the molecule is CC(C)Sc1nnc(-c2cccnc2)n1Cc1ccco1. The molecular weight excluding hydrogens is 284 g/mol. The van der Waals surface area contributed by atoms with Crippen LogP contribution in [0.15, 0.2) is 52.5 Å². The summed E-state index contributed by atoms with van der Waals surface area (Å²) in [6, 6.07) is 7.73. The minimum absolute atomic E-state index is 0.436. The van der Waals surface area contributed by atoms with Gasteiger partial charge < -0.3 is 4.42 Å². The number of rotatable bonds is 5. The van der Waals surface area contributed by atoms with Gasteiger partial charge in [-0.05, 0) is 24.3 Å². The maximum absolute atomic E-state index is 5.46. The fraction of sp³-hybridized carbons (Fsp3) is 0.267. The van der Waals surface area contributed by atoms with E-state index in [-0.39, 0.29) is 0 Å². The summed E-state index contributed by atoms with van der Waals surface area (Å²) in [5.74, 6) is 1.69. The lowest BCUT2D eigenvalue weighted by molar-refractivity contribution is 0.485. The number of hydrogen-bond acceptors (Lipinski definition) is 5. The summed E-state index contributed by atoms with van der Waals surface area (Å²) in [7, 11) is 0. The Morgan fingerprint density at radius 1 is 1.24 bits per heavy atom. The molecule has 0 saturated carbocycles. The van der Waals surface area contributed by atoms with Crippen LogP contribution in [0.5, 0.6) is 0 Å². The fourth-order valence-corrected chi connectivity index (χ4v) is 2.78. The van der Waals surface area contributed by atoms with Crippen LogP contribution in [0.1, 0.15) is 19.6 Å². The first-order valence-electron chi connectivity index (χ1n) is 6.76. The van der Waals surface area contributed by atoms with Crippen molar-refractivity contribution < 1.29 is 4.42 Å². The van der Waals surface area contributed by atoms with E-state index in [4.69, 9.17) is 4.42 Å². The zero-order valence-corrected chi connectivity index (χ0v) is 12.7. The maximum atomic E-state index is 5.46. The lowest BCUT2D eigenvalue weighted by Crippen LogP contribution is -2.04. The summed E-state index contributed by atoms with van der Waals surface area (Å²) in [5, 5.41) is 9.98. The van der Waals surface area contributed by atoms with E-state index >= 15 is 0 Å². The Hall–Kier alpha value is -2.08. The summed E-state index contributed by atoms with van der Waals surface area (Å²) in [4.78, 5) is 4.16. The molecule has 0 aromatic carbocycles. The first kappa shape index (κ1) is 13.9. The summed E-state index contributed by atoms with van der Waals surface area (Å²) < 4.78 is 7.53. The smallest absolute Gasteiger partial charge is 0.192 e. The molecule has 0 aliphatic rings. The third kappa shape index (κ3) is 3.16. The Bertz CT molecular complexity index is 692. The van der Waals surface area contributed by atoms with E-state index in [1.54, 1.807) is 30.4 Å². The molecule has 3 rings (SSSR count). The van der Waals surface area contributed by atoms with Crippen molar-refractivity contribution in [1.29, 1.82) is 0 Å². The lowest BCUT2D eigenvalue weighted by atomic mass is 10.2. The average Bonchev–Trinajstić information content (AvgIpc) is 3.11. The van der Waals surface area contributed by atoms with E-state index in [1.165, 1.54) is 0 Å². The van der Waals surface area contributed by atoms with Crippen LogP contribution >= 0.6 is 11.8 Å². The van der Waals surface area contributed by atoms with Gasteiger partial charge in [-0.3, -0.25) is 9.55 Å². The average molecular weight is 300 g/mol. The number of pyridine rings is 1. The van der Waals surface area contributed by atoms with Crippen molar-refractivity contribution in [1.82, 2.24) is 19.7 Å². The first-order valence-corrected chi connectivity index (χ1v) is 7.64. The molecule has 0 aliphatic carbocycles. The molecule has 0 atom stereocenters. The molecular formula is C15H16N4OS. The molecule has 3 heterocycles. The van der Waals surface area contributed by atoms with Crippen LogP contribution in [-0.4, -0.2) is 25.0 Å². The molecule has 3 aromatic rings. The van der Waals surface area contributed by atoms with Crippen LogP contribution in [0.2, 0.25) is 0 Å². The van der Waals surface area contributed by atoms with Gasteiger partial charge >= 0.3 is 0 Å². The molecule has 0 spiro atoms. The highest BCUT2D eigenvalue weighted by Gasteiger charge is 2.16. The van der Waals surface area contributed by atoms with E-state index in [0.717, 1.165) is 22.3 Å². The molecule has 108 valence electrons. The van der Waals surface area contributed by atoms with Gasteiger partial charge in [0, 0.05) is 23.2 Å². The maximum Gasteiger partial charge on any atom is 0.192 e. The summed E-state index contributed by atoms with van der Waals surface area (Å²) >= 11 is 1.69. The molecule has 21 heavy (non-hydrogen) atoms. The number of aromatic nitrogens is 4. The van der Waals surface area contributed by atoms with Gasteiger partial charge in [0.05, 0.1) is 12.8 Å². The fourth-order valence-electron chi connectivity index (χ4n) is 2.00. The van der Waals surface area contributed by atoms with Crippen molar-refractivity contribution in [2.75, 3.05) is 0 Å². The monoisotopic (exact) mass is 300 g/mol. The Kier molecular flexibility index (Phi) is 4.06. The molecule has 3 aromatic heterocycles. The largest absolute Gasteiger partial charge is 0.467 e. The topological polar surface area (TPSA) is 56.7 Å². The molecule has 0 N–H and O–H groups in total. The third-order valence-electron chi connectivity index (χ3n) is 2.87. The second-order valence-corrected chi connectivity index (χ2v) is 6.42. The zero-order valence-electron chi connectivity index (χ0n) is 11.9. The van der Waals surface area contributed by atoms with E-state index in [1.807, 2.05) is 24.3 Å². The Morgan fingerprint density at radius 2 is 2.14 bits per heavy atom. The van der Waals surface area contributed by atoms with E-state index in [0.29, 0.717) is 11.8 Å². The summed E-state index contributed by atoms with van der Waals surface area (Å²) in [5.41, 5.74) is 0.951. The van der Waals surface area contributed by atoms with Gasteiger partial charge in [-0.2, -0.15) is 0 Å². The zero-order chi connectivity index (χ0) is 14.7. The highest BCUT2D eigenvalue weighted by Crippen LogP contribution is 2.27. The van der Waals surface area contributed by atoms with Gasteiger partial charge in [0.1, 0.15) is 5.76 Å². The van der Waals surface area contributed by atoms with Gasteiger partial charge in [0.2, 0.25) is 0 Å². The van der Waals surface area contributed by atoms with Crippen molar-refractivity contribution >= 4 is 11.8 Å². The van der Waals surface area contributed by atoms with Crippen molar-refractivity contribution in [2.45, 2.75) is 30.8 Å². The van der Waals surface area contributed by atoms with Gasteiger partial charge in [-0.1, -0.05) is 25.6 Å². The Balaban J connectivity index is 2.01. The Morgan fingerprint density at radius 3 is 2.81 bits per heavy atom.